The second-order valence-electron chi connectivity index (χ2n) is 14.2. The Hall–Kier alpha value is -1.57. The van der Waals surface area contributed by atoms with E-state index in [9.17, 15) is 9.90 Å². The lowest BCUT2D eigenvalue weighted by molar-refractivity contribution is -0.133. The molecule has 5 rings (SSSR count). The Kier molecular flexibility index (Phi) is 7.20. The lowest BCUT2D eigenvalue weighted by Gasteiger charge is -2.60. The van der Waals surface area contributed by atoms with Crippen molar-refractivity contribution in [2.75, 3.05) is 0 Å². The van der Waals surface area contributed by atoms with Crippen LogP contribution in [0.2, 0.25) is 0 Å². The van der Waals surface area contributed by atoms with Crippen molar-refractivity contribution in [1.29, 1.82) is 0 Å². The smallest absolute Gasteiger partial charge is 0.162 e. The highest BCUT2D eigenvalue weighted by molar-refractivity contribution is 6.02. The van der Waals surface area contributed by atoms with Crippen molar-refractivity contribution >= 4 is 11.5 Å². The Balaban J connectivity index is 1.36. The van der Waals surface area contributed by atoms with E-state index in [1.165, 1.54) is 57.8 Å². The fraction of sp³-hybridized carbons (Fsp3) is 0.735. The average molecular weight is 491 g/mol. The lowest BCUT2D eigenvalue weighted by Crippen LogP contribution is -2.54. The number of fused-ring (bicyclic) bond motifs is 5. The van der Waals surface area contributed by atoms with Crippen molar-refractivity contribution in [3.05, 3.63) is 41.5 Å². The number of aliphatic hydroxyl groups excluding tert-OH is 1. The minimum absolute atomic E-state index is 0.136. The average Bonchev–Trinajstić information content (AvgIpc) is 3.21. The molecule has 0 unspecified atom stereocenters. The van der Waals surface area contributed by atoms with Crippen molar-refractivity contribution in [1.82, 2.24) is 0 Å². The van der Waals surface area contributed by atoms with Gasteiger partial charge in [0.15, 0.2) is 5.78 Å². The molecule has 1 aromatic carbocycles. The molecular formula is C34H50O2. The molecule has 0 bridgehead atoms. The van der Waals surface area contributed by atoms with E-state index in [0.717, 1.165) is 41.6 Å². The zero-order chi connectivity index (χ0) is 25.7. The van der Waals surface area contributed by atoms with E-state index in [4.69, 9.17) is 0 Å². The van der Waals surface area contributed by atoms with Crippen LogP contribution in [0.4, 0.5) is 0 Å². The maximum atomic E-state index is 13.2. The number of benzene rings is 1. The lowest BCUT2D eigenvalue weighted by atomic mass is 9.44. The first-order valence-corrected chi connectivity index (χ1v) is 15.2. The van der Waals surface area contributed by atoms with Crippen LogP contribution >= 0.6 is 0 Å². The van der Waals surface area contributed by atoms with Crippen molar-refractivity contribution in [3.8, 4) is 0 Å². The second kappa shape index (κ2) is 9.95. The first-order valence-electron chi connectivity index (χ1n) is 15.2. The SMILES string of the molecule is CC(C)CCC[C@H](C)[C@@H]1CC[C@H]2[C@H]3CC[C@H]4CC(=O)/C(=C(\O)c5ccccc5)C[C@]4(C)[C@@H]3CC[C@@]21C. The topological polar surface area (TPSA) is 37.3 Å². The van der Waals surface area contributed by atoms with Gasteiger partial charge in [-0.15, -0.1) is 0 Å². The molecule has 8 atom stereocenters. The number of carbonyl (C=O) groups excluding carboxylic acids is 1. The van der Waals surface area contributed by atoms with Crippen LogP contribution in [0.5, 0.6) is 0 Å². The van der Waals surface area contributed by atoms with E-state index in [-0.39, 0.29) is 17.0 Å². The summed E-state index contributed by atoms with van der Waals surface area (Å²) >= 11 is 0. The molecule has 4 aliphatic rings. The van der Waals surface area contributed by atoms with Crippen LogP contribution in [0.3, 0.4) is 0 Å². The molecule has 36 heavy (non-hydrogen) atoms. The normalized spacial score (nSPS) is 40.4. The zero-order valence-electron chi connectivity index (χ0n) is 23.6. The number of aliphatic hydroxyl groups is 1. The van der Waals surface area contributed by atoms with E-state index in [0.29, 0.717) is 29.2 Å². The van der Waals surface area contributed by atoms with Gasteiger partial charge in [-0.1, -0.05) is 84.2 Å². The number of ketones is 1. The third kappa shape index (κ3) is 4.39. The van der Waals surface area contributed by atoms with Crippen LogP contribution in [0.25, 0.3) is 5.76 Å². The summed E-state index contributed by atoms with van der Waals surface area (Å²) in [7, 11) is 0. The Morgan fingerprint density at radius 3 is 2.39 bits per heavy atom. The molecule has 0 saturated heterocycles. The van der Waals surface area contributed by atoms with Gasteiger partial charge in [-0.25, -0.2) is 0 Å². The second-order valence-corrected chi connectivity index (χ2v) is 14.2. The van der Waals surface area contributed by atoms with Crippen LogP contribution < -0.4 is 0 Å². The number of Topliss-reactive ketones (excluding diaryl/α,β-unsaturated/α-hetero) is 1. The van der Waals surface area contributed by atoms with Gasteiger partial charge < -0.3 is 5.11 Å². The van der Waals surface area contributed by atoms with E-state index < -0.39 is 0 Å². The Morgan fingerprint density at radius 2 is 1.67 bits per heavy atom. The van der Waals surface area contributed by atoms with Crippen LogP contribution in [0.1, 0.15) is 111 Å². The number of hydrogen-bond acceptors (Lipinski definition) is 2. The van der Waals surface area contributed by atoms with Gasteiger partial charge in [0.05, 0.1) is 0 Å². The van der Waals surface area contributed by atoms with Gasteiger partial charge in [-0.2, -0.15) is 0 Å². The quantitative estimate of drug-likeness (QED) is 0.319. The van der Waals surface area contributed by atoms with Gasteiger partial charge in [0.1, 0.15) is 5.76 Å². The summed E-state index contributed by atoms with van der Waals surface area (Å²) in [6.07, 6.45) is 13.6. The molecule has 4 fully saturated rings. The minimum Gasteiger partial charge on any atom is -0.507 e. The van der Waals surface area contributed by atoms with Crippen LogP contribution in [-0.4, -0.2) is 10.9 Å². The highest BCUT2D eigenvalue weighted by Gasteiger charge is 2.61. The maximum absolute atomic E-state index is 13.2. The highest BCUT2D eigenvalue weighted by Crippen LogP contribution is 2.68. The molecule has 198 valence electrons. The fourth-order valence-electron chi connectivity index (χ4n) is 9.98. The standard InChI is InChI=1S/C34H50O2/c1-22(2)10-9-11-23(3)28-16-17-29-26-15-14-25-20-31(35)27(32(36)24-12-7-6-8-13-24)21-34(25,5)30(26)18-19-33(28,29)4/h6-8,12-13,22-23,25-26,28-30,36H,9-11,14-21H2,1-5H3/b32-27-/t23-,25-,26+,28-,29-,30+,33+,34-/m0/s1. The third-order valence-corrected chi connectivity index (χ3v) is 11.9. The summed E-state index contributed by atoms with van der Waals surface area (Å²) in [4.78, 5) is 13.2. The molecule has 0 aliphatic heterocycles. The molecular weight excluding hydrogens is 440 g/mol. The molecule has 1 N–H and O–H groups in total. The number of allylic oxidation sites excluding steroid dienone is 1. The number of hydrogen-bond donors (Lipinski definition) is 1. The molecule has 4 saturated carbocycles. The predicted molar refractivity (Wildman–Crippen MR) is 149 cm³/mol. The van der Waals surface area contributed by atoms with Gasteiger partial charge in [0.2, 0.25) is 0 Å². The van der Waals surface area contributed by atoms with E-state index >= 15 is 0 Å². The summed E-state index contributed by atoms with van der Waals surface area (Å²) in [5.41, 5.74) is 2.13. The highest BCUT2D eigenvalue weighted by atomic mass is 16.3. The molecule has 0 amide bonds. The molecule has 4 aliphatic carbocycles. The summed E-state index contributed by atoms with van der Waals surface area (Å²) in [6.45, 7) is 12.4. The summed E-state index contributed by atoms with van der Waals surface area (Å²) in [5.74, 6) is 5.78. The molecule has 2 nitrogen and oxygen atoms in total. The van der Waals surface area contributed by atoms with Gasteiger partial charge in [-0.05, 0) is 97.2 Å². The van der Waals surface area contributed by atoms with Crippen LogP contribution in [-0.2, 0) is 4.79 Å². The van der Waals surface area contributed by atoms with Crippen molar-refractivity contribution < 1.29 is 9.90 Å². The first-order chi connectivity index (χ1) is 17.1. The van der Waals surface area contributed by atoms with Crippen molar-refractivity contribution in [2.45, 2.75) is 105 Å². The third-order valence-electron chi connectivity index (χ3n) is 11.9. The molecule has 2 heteroatoms. The van der Waals surface area contributed by atoms with E-state index in [1.54, 1.807) is 0 Å². The van der Waals surface area contributed by atoms with Gasteiger partial charge in [0, 0.05) is 17.6 Å². The molecule has 0 radical (unpaired) electrons. The molecule has 0 spiro atoms. The monoisotopic (exact) mass is 490 g/mol. The van der Waals surface area contributed by atoms with Gasteiger partial charge >= 0.3 is 0 Å². The van der Waals surface area contributed by atoms with Crippen LogP contribution in [0.15, 0.2) is 35.9 Å². The number of carbonyl (C=O) groups is 1. The predicted octanol–water partition coefficient (Wildman–Crippen LogP) is 9.26. The minimum atomic E-state index is 0.136. The fourth-order valence-corrected chi connectivity index (χ4v) is 9.98. The van der Waals surface area contributed by atoms with Crippen molar-refractivity contribution in [3.63, 3.8) is 0 Å². The molecule has 0 heterocycles. The number of rotatable bonds is 6. The first kappa shape index (κ1) is 26.1. The Labute approximate surface area is 220 Å². The molecule has 0 aromatic heterocycles. The summed E-state index contributed by atoms with van der Waals surface area (Å²) in [5, 5.41) is 11.2. The summed E-state index contributed by atoms with van der Waals surface area (Å²) < 4.78 is 0. The zero-order valence-corrected chi connectivity index (χ0v) is 23.6. The Bertz CT molecular complexity index is 976. The van der Waals surface area contributed by atoms with Crippen LogP contribution in [0, 0.1) is 52.3 Å². The van der Waals surface area contributed by atoms with Gasteiger partial charge in [-0.3, -0.25) is 4.79 Å². The summed E-state index contributed by atoms with van der Waals surface area (Å²) in [6, 6.07) is 9.72. The van der Waals surface area contributed by atoms with Crippen molar-refractivity contribution in [2.24, 2.45) is 52.3 Å². The van der Waals surface area contributed by atoms with Gasteiger partial charge in [0.25, 0.3) is 0 Å². The van der Waals surface area contributed by atoms with E-state index in [1.807, 2.05) is 30.3 Å². The molecule has 1 aromatic rings. The largest absolute Gasteiger partial charge is 0.507 e. The maximum Gasteiger partial charge on any atom is 0.162 e. The van der Waals surface area contributed by atoms with E-state index in [2.05, 4.69) is 34.6 Å². The Morgan fingerprint density at radius 1 is 0.944 bits per heavy atom.